The number of hydrogen-bond acceptors (Lipinski definition) is 6. The van der Waals surface area contributed by atoms with Crippen LogP contribution in [0.25, 0.3) is 16.6 Å². The molecule has 0 spiro atoms. The molecule has 5 rings (SSSR count). The summed E-state index contributed by atoms with van der Waals surface area (Å²) in [5, 5.41) is 9.01. The van der Waals surface area contributed by atoms with Crippen molar-refractivity contribution in [1.82, 2.24) is 19.5 Å². The Morgan fingerprint density at radius 1 is 1.05 bits per heavy atom. The molecule has 42 heavy (non-hydrogen) atoms. The topological polar surface area (TPSA) is 144 Å². The summed E-state index contributed by atoms with van der Waals surface area (Å²) in [6.07, 6.45) is -1.95. The Bertz CT molecular complexity index is 1670. The van der Waals surface area contributed by atoms with Gasteiger partial charge in [0, 0.05) is 30.3 Å². The molecule has 0 atom stereocenters. The summed E-state index contributed by atoms with van der Waals surface area (Å²) >= 11 is 6.47. The van der Waals surface area contributed by atoms with E-state index in [1.54, 1.807) is 21.5 Å². The van der Waals surface area contributed by atoms with Gasteiger partial charge in [-0.25, -0.2) is 18.7 Å². The van der Waals surface area contributed by atoms with Crippen LogP contribution < -0.4 is 22.1 Å². The van der Waals surface area contributed by atoms with Gasteiger partial charge in [0.15, 0.2) is 5.82 Å². The minimum absolute atomic E-state index is 0.0396. The summed E-state index contributed by atoms with van der Waals surface area (Å²) in [6.45, 7) is 1.08. The van der Waals surface area contributed by atoms with Gasteiger partial charge in [-0.05, 0) is 54.8 Å². The predicted molar refractivity (Wildman–Crippen MR) is 149 cm³/mol. The number of nitrogens with two attached hydrogens (primary N) is 2. The van der Waals surface area contributed by atoms with E-state index >= 15 is 0 Å². The van der Waals surface area contributed by atoms with Crippen LogP contribution in [-0.4, -0.2) is 51.1 Å². The molecule has 4 aromatic rings. The van der Waals surface area contributed by atoms with Crippen molar-refractivity contribution in [2.45, 2.75) is 24.9 Å². The van der Waals surface area contributed by atoms with Crippen molar-refractivity contribution in [2.24, 2.45) is 5.73 Å². The number of nitrogen functional groups attached to an aromatic ring is 1. The number of carbonyl (C=O) groups is 2. The third-order valence-electron chi connectivity index (χ3n) is 7.12. The molecule has 1 saturated heterocycles. The van der Waals surface area contributed by atoms with Crippen molar-refractivity contribution in [3.8, 4) is 11.1 Å². The normalized spacial score (nSPS) is 14.3. The van der Waals surface area contributed by atoms with E-state index < -0.39 is 29.3 Å². The van der Waals surface area contributed by atoms with Gasteiger partial charge in [-0.3, -0.25) is 4.79 Å². The number of piperidine rings is 1. The number of alkyl halides is 3. The molecule has 0 bridgehead atoms. The van der Waals surface area contributed by atoms with Gasteiger partial charge >= 0.3 is 12.2 Å². The van der Waals surface area contributed by atoms with E-state index in [2.05, 4.69) is 20.7 Å². The van der Waals surface area contributed by atoms with Gasteiger partial charge in [0.05, 0.1) is 28.5 Å². The quantitative estimate of drug-likeness (QED) is 0.233. The number of nitrogens with zero attached hydrogens (tertiary/aromatic N) is 4. The van der Waals surface area contributed by atoms with Crippen molar-refractivity contribution in [1.29, 1.82) is 0 Å². The summed E-state index contributed by atoms with van der Waals surface area (Å²) in [5.41, 5.74) is 12.9. The van der Waals surface area contributed by atoms with Crippen molar-refractivity contribution < 1.29 is 27.2 Å². The SMILES string of the molecule is NCC(=O)N1CCC(c2cc(-c3ccc(NC(=O)Nc4cc(C(F)(F)F)ccc4F)c(Cl)c3)c3c(N)ncnn23)CC1. The zero-order valence-corrected chi connectivity index (χ0v) is 22.6. The molecule has 2 aromatic heterocycles. The van der Waals surface area contributed by atoms with Crippen LogP contribution >= 0.6 is 11.6 Å². The third-order valence-corrected chi connectivity index (χ3v) is 7.43. The lowest BCUT2D eigenvalue weighted by molar-refractivity contribution is -0.137. The molecule has 0 radical (unpaired) electrons. The smallest absolute Gasteiger partial charge is 0.382 e. The number of hydrogen-bond donors (Lipinski definition) is 4. The molecule has 220 valence electrons. The number of nitrogens with one attached hydrogen (secondary N) is 2. The summed E-state index contributed by atoms with van der Waals surface area (Å²) in [4.78, 5) is 30.3. The minimum Gasteiger partial charge on any atom is -0.382 e. The Balaban J connectivity index is 1.38. The molecule has 0 saturated carbocycles. The highest BCUT2D eigenvalue weighted by atomic mass is 35.5. The summed E-state index contributed by atoms with van der Waals surface area (Å²) in [6, 6.07) is 7.39. The van der Waals surface area contributed by atoms with Crippen molar-refractivity contribution >= 4 is 46.2 Å². The summed E-state index contributed by atoms with van der Waals surface area (Å²) in [7, 11) is 0. The van der Waals surface area contributed by atoms with Gasteiger partial charge in [-0.1, -0.05) is 17.7 Å². The molecule has 3 amide bonds. The maximum Gasteiger partial charge on any atom is 0.416 e. The molecule has 1 aliphatic heterocycles. The number of fused-ring (bicyclic) bond motifs is 1. The number of benzene rings is 2. The van der Waals surface area contributed by atoms with E-state index in [4.69, 9.17) is 23.1 Å². The summed E-state index contributed by atoms with van der Waals surface area (Å²) < 4.78 is 54.8. The molecule has 2 aromatic carbocycles. The molecule has 0 unspecified atom stereocenters. The molecular formula is C27H25ClF4N8O2. The predicted octanol–water partition coefficient (Wildman–Crippen LogP) is 5.10. The number of likely N-dealkylation sites (tertiary alicyclic amines) is 1. The molecule has 6 N–H and O–H groups in total. The molecule has 1 aliphatic rings. The van der Waals surface area contributed by atoms with Crippen molar-refractivity contribution in [3.05, 3.63) is 70.9 Å². The maximum atomic E-state index is 14.1. The highest BCUT2D eigenvalue weighted by molar-refractivity contribution is 6.34. The first-order valence-corrected chi connectivity index (χ1v) is 13.2. The number of rotatable bonds is 5. The first-order valence-electron chi connectivity index (χ1n) is 12.8. The number of anilines is 3. The highest BCUT2D eigenvalue weighted by Gasteiger charge is 2.31. The first kappa shape index (κ1) is 29.1. The van der Waals surface area contributed by atoms with E-state index in [-0.39, 0.29) is 34.9 Å². The fourth-order valence-electron chi connectivity index (χ4n) is 5.01. The molecule has 15 heteroatoms. The van der Waals surface area contributed by atoms with Crippen LogP contribution in [0.4, 0.5) is 39.5 Å². The number of carbonyl (C=O) groups excluding carboxylic acids is 2. The van der Waals surface area contributed by atoms with Gasteiger partial charge < -0.3 is 27.0 Å². The van der Waals surface area contributed by atoms with E-state index in [0.717, 1.165) is 5.69 Å². The summed E-state index contributed by atoms with van der Waals surface area (Å²) in [5.74, 6) is -0.813. The first-order chi connectivity index (χ1) is 20.0. The lowest BCUT2D eigenvalue weighted by Crippen LogP contribution is -2.41. The maximum absolute atomic E-state index is 14.1. The average molecular weight is 605 g/mol. The van der Waals surface area contributed by atoms with Gasteiger partial charge in [0.25, 0.3) is 0 Å². The number of halogens is 5. The van der Waals surface area contributed by atoms with Gasteiger partial charge in [0.2, 0.25) is 5.91 Å². The van der Waals surface area contributed by atoms with Crippen LogP contribution in [0.15, 0.2) is 48.8 Å². The van der Waals surface area contributed by atoms with E-state index in [1.807, 2.05) is 6.07 Å². The van der Waals surface area contributed by atoms with Crippen LogP contribution in [0, 0.1) is 5.82 Å². The van der Waals surface area contributed by atoms with E-state index in [0.29, 0.717) is 60.8 Å². The van der Waals surface area contributed by atoms with Crippen LogP contribution in [-0.2, 0) is 11.0 Å². The Hall–Kier alpha value is -4.43. The Kier molecular flexibility index (Phi) is 7.93. The number of urea groups is 1. The van der Waals surface area contributed by atoms with Crippen molar-refractivity contribution in [2.75, 3.05) is 36.0 Å². The lowest BCUT2D eigenvalue weighted by Gasteiger charge is -2.31. The van der Waals surface area contributed by atoms with Crippen LogP contribution in [0.5, 0.6) is 0 Å². The molecule has 3 heterocycles. The lowest BCUT2D eigenvalue weighted by atomic mass is 9.93. The molecule has 10 nitrogen and oxygen atoms in total. The van der Waals surface area contributed by atoms with Crippen molar-refractivity contribution in [3.63, 3.8) is 0 Å². The van der Waals surface area contributed by atoms with Crippen LogP contribution in [0.3, 0.4) is 0 Å². The average Bonchev–Trinajstić information content (AvgIpc) is 3.35. The number of amides is 3. The Labute approximate surface area is 241 Å². The van der Waals surface area contributed by atoms with Gasteiger partial charge in [-0.15, -0.1) is 0 Å². The molecule has 0 aliphatic carbocycles. The Morgan fingerprint density at radius 3 is 2.43 bits per heavy atom. The van der Waals surface area contributed by atoms with E-state index in [9.17, 15) is 27.2 Å². The third kappa shape index (κ3) is 5.81. The van der Waals surface area contributed by atoms with Gasteiger partial charge in [-0.2, -0.15) is 18.3 Å². The molecular weight excluding hydrogens is 580 g/mol. The highest BCUT2D eigenvalue weighted by Crippen LogP contribution is 2.38. The largest absolute Gasteiger partial charge is 0.416 e. The fourth-order valence-corrected chi connectivity index (χ4v) is 5.24. The van der Waals surface area contributed by atoms with Gasteiger partial charge in [0.1, 0.15) is 17.7 Å². The zero-order valence-electron chi connectivity index (χ0n) is 21.9. The second kappa shape index (κ2) is 11.4. The second-order valence-corrected chi connectivity index (χ2v) is 10.1. The van der Waals surface area contributed by atoms with Crippen LogP contribution in [0.2, 0.25) is 5.02 Å². The number of aromatic nitrogens is 3. The van der Waals surface area contributed by atoms with Crippen LogP contribution in [0.1, 0.15) is 30.0 Å². The Morgan fingerprint density at radius 2 is 1.76 bits per heavy atom. The monoisotopic (exact) mass is 604 g/mol. The zero-order chi connectivity index (χ0) is 30.2. The van der Waals surface area contributed by atoms with E-state index in [1.165, 1.54) is 12.4 Å². The molecule has 1 fully saturated rings. The second-order valence-electron chi connectivity index (χ2n) is 9.71. The standard InChI is InChI=1S/C27H25ClF4N8O2/c28-18-9-15(1-4-20(18)37-26(42)38-21-10-16(27(30,31)32)2-3-19(21)29)17-11-22(40-24(17)25(34)35-13-36-40)14-5-7-39(8-6-14)23(41)12-33/h1-4,9-11,13-14H,5-8,12,33H2,(H2,34,35,36)(H2,37,38,42). The fraction of sp³-hybridized carbons (Fsp3) is 0.259. The minimum atomic E-state index is -4.71.